The lowest BCUT2D eigenvalue weighted by Crippen LogP contribution is -2.62. The second-order valence-electron chi connectivity index (χ2n) is 12.7. The quantitative estimate of drug-likeness (QED) is 0.185. The molecule has 3 rings (SSSR count). The zero-order chi connectivity index (χ0) is 35.1. The van der Waals surface area contributed by atoms with E-state index in [9.17, 15) is 29.1 Å². The number of hydrogen-bond donors (Lipinski definition) is 6. The van der Waals surface area contributed by atoms with Gasteiger partial charge in [0.1, 0.15) is 23.9 Å². The van der Waals surface area contributed by atoms with Gasteiger partial charge in [0, 0.05) is 11.2 Å². The number of esters is 1. The third kappa shape index (κ3) is 10.1. The van der Waals surface area contributed by atoms with Crippen molar-refractivity contribution in [2.24, 2.45) is 5.73 Å². The van der Waals surface area contributed by atoms with Crippen LogP contribution in [0.3, 0.4) is 0 Å². The number of aryl methyl sites for hydroxylation is 2. The van der Waals surface area contributed by atoms with E-state index in [2.05, 4.69) is 21.3 Å². The van der Waals surface area contributed by atoms with E-state index < -0.39 is 69.8 Å². The smallest absolute Gasteiger partial charge is 0.329 e. The van der Waals surface area contributed by atoms with Crippen LogP contribution in [0.4, 0.5) is 0 Å². The molecule has 2 aromatic carbocycles. The van der Waals surface area contributed by atoms with Gasteiger partial charge in [0.2, 0.25) is 23.6 Å². The first-order valence-electron chi connectivity index (χ1n) is 15.2. The normalized spacial score (nSPS) is 22.5. The molecule has 0 bridgehead atoms. The number of ether oxygens (including phenoxy) is 1. The summed E-state index contributed by atoms with van der Waals surface area (Å²) in [6.07, 6.45) is 0.297. The van der Waals surface area contributed by atoms with Gasteiger partial charge in [-0.25, -0.2) is 4.79 Å². The average Bonchev–Trinajstić information content (AvgIpc) is 3.01. The minimum absolute atomic E-state index is 0.113. The molecule has 7 N–H and O–H groups in total. The maximum atomic E-state index is 13.7. The largest absolute Gasteiger partial charge is 0.508 e. The van der Waals surface area contributed by atoms with Crippen LogP contribution in [-0.2, 0) is 41.6 Å². The molecule has 0 spiro atoms. The van der Waals surface area contributed by atoms with Gasteiger partial charge in [-0.3, -0.25) is 19.2 Å². The van der Waals surface area contributed by atoms with Crippen LogP contribution in [0.1, 0.15) is 49.9 Å². The molecule has 1 aliphatic heterocycles. The van der Waals surface area contributed by atoms with Crippen molar-refractivity contribution in [2.45, 2.75) is 88.0 Å². The molecule has 1 saturated heterocycles. The maximum absolute atomic E-state index is 13.7. The van der Waals surface area contributed by atoms with Crippen LogP contribution in [0.2, 0.25) is 0 Å². The van der Waals surface area contributed by atoms with Crippen LogP contribution in [0.5, 0.6) is 5.75 Å². The standard InChI is InChI=1S/C33H45N5O7S2/c1-18-13-21(39)14-19(2)22(18)16-23(34)28(41)37-26-30(43)35-17-25(40)36-24(15-20-11-9-8-10-12-20)29(42)38-27(31(44)45-7)33(5,6)47-46-32(26,3)4/h8-14,23-24,26-27,39H,15-17,34H2,1-7H3,(H,35,43)(H,36,40)(H,37,41)(H,38,42)/t23-,24-,26-,27?/m0/s1. The van der Waals surface area contributed by atoms with Gasteiger partial charge < -0.3 is 36.8 Å². The highest BCUT2D eigenvalue weighted by molar-refractivity contribution is 8.77. The molecule has 4 atom stereocenters. The molecule has 256 valence electrons. The first kappa shape index (κ1) is 37.7. The zero-order valence-corrected chi connectivity index (χ0v) is 29.4. The van der Waals surface area contributed by atoms with Crippen molar-refractivity contribution in [1.82, 2.24) is 21.3 Å². The Balaban J connectivity index is 1.92. The number of phenolic OH excluding ortho intramolecular Hbond substituents is 1. The van der Waals surface area contributed by atoms with Crippen molar-refractivity contribution in [3.05, 3.63) is 64.7 Å². The van der Waals surface area contributed by atoms with Crippen LogP contribution in [0, 0.1) is 13.8 Å². The summed E-state index contributed by atoms with van der Waals surface area (Å²) in [7, 11) is 3.71. The number of nitrogens with two attached hydrogens (primary N) is 1. The Hall–Kier alpha value is -3.75. The summed E-state index contributed by atoms with van der Waals surface area (Å²) in [6.45, 7) is 10.2. The Morgan fingerprint density at radius 2 is 1.60 bits per heavy atom. The van der Waals surface area contributed by atoms with Crippen molar-refractivity contribution in [2.75, 3.05) is 13.7 Å². The topological polar surface area (TPSA) is 189 Å². The van der Waals surface area contributed by atoms with Crippen molar-refractivity contribution in [3.63, 3.8) is 0 Å². The van der Waals surface area contributed by atoms with E-state index in [-0.39, 0.29) is 18.6 Å². The van der Waals surface area contributed by atoms with Gasteiger partial charge >= 0.3 is 5.97 Å². The monoisotopic (exact) mass is 687 g/mol. The van der Waals surface area contributed by atoms with Crippen molar-refractivity contribution in [1.29, 1.82) is 0 Å². The first-order valence-corrected chi connectivity index (χ1v) is 17.3. The first-order chi connectivity index (χ1) is 21.9. The summed E-state index contributed by atoms with van der Waals surface area (Å²) in [5.41, 5.74) is 9.47. The summed E-state index contributed by atoms with van der Waals surface area (Å²) < 4.78 is 3.06. The number of amides is 4. The van der Waals surface area contributed by atoms with E-state index in [1.165, 1.54) is 28.7 Å². The Morgan fingerprint density at radius 3 is 2.19 bits per heavy atom. The average molecular weight is 688 g/mol. The Labute approximate surface area is 283 Å². The Morgan fingerprint density at radius 1 is 1.00 bits per heavy atom. The lowest BCUT2D eigenvalue weighted by molar-refractivity contribution is -0.146. The van der Waals surface area contributed by atoms with Crippen LogP contribution < -0.4 is 27.0 Å². The van der Waals surface area contributed by atoms with E-state index in [4.69, 9.17) is 10.5 Å². The summed E-state index contributed by atoms with van der Waals surface area (Å²) >= 11 is 0. The predicted octanol–water partition coefficient (Wildman–Crippen LogP) is 1.82. The second kappa shape index (κ2) is 15.9. The fourth-order valence-electron chi connectivity index (χ4n) is 5.17. The predicted molar refractivity (Wildman–Crippen MR) is 184 cm³/mol. The number of methoxy groups -OCH3 is 1. The number of carbonyl (C=O) groups excluding carboxylic acids is 5. The van der Waals surface area contributed by atoms with Crippen LogP contribution in [0.25, 0.3) is 0 Å². The third-order valence-electron chi connectivity index (χ3n) is 7.93. The van der Waals surface area contributed by atoms with E-state index in [0.29, 0.717) is 0 Å². The molecule has 1 unspecified atom stereocenters. The number of aromatic hydroxyl groups is 1. The number of phenols is 1. The van der Waals surface area contributed by atoms with Gasteiger partial charge in [-0.15, -0.1) is 0 Å². The van der Waals surface area contributed by atoms with Gasteiger partial charge in [-0.1, -0.05) is 51.9 Å². The fourth-order valence-corrected chi connectivity index (χ4v) is 7.98. The lowest BCUT2D eigenvalue weighted by atomic mass is 9.95. The number of rotatable bonds is 7. The second-order valence-corrected chi connectivity index (χ2v) is 16.1. The SMILES string of the molecule is COC(=O)C1NC(=O)[C@H](Cc2ccccc2)NC(=O)CNC(=O)[C@H](NC(=O)[C@@H](N)Cc2c(C)cc(O)cc2C)C(C)(C)SSC1(C)C. The van der Waals surface area contributed by atoms with Gasteiger partial charge in [0.25, 0.3) is 0 Å². The number of carbonyl (C=O) groups is 5. The van der Waals surface area contributed by atoms with Crippen LogP contribution in [-0.4, -0.2) is 82.0 Å². The lowest BCUT2D eigenvalue weighted by Gasteiger charge is -2.38. The van der Waals surface area contributed by atoms with Crippen molar-refractivity contribution < 1.29 is 33.8 Å². The van der Waals surface area contributed by atoms with E-state index >= 15 is 0 Å². The minimum Gasteiger partial charge on any atom is -0.508 e. The molecule has 1 heterocycles. The molecule has 12 nitrogen and oxygen atoms in total. The molecule has 14 heteroatoms. The van der Waals surface area contributed by atoms with Crippen LogP contribution in [0.15, 0.2) is 42.5 Å². The molecular formula is C33H45N5O7S2. The minimum atomic E-state index is -1.15. The molecule has 0 radical (unpaired) electrons. The molecule has 0 aromatic heterocycles. The number of benzene rings is 2. The molecule has 0 aliphatic carbocycles. The van der Waals surface area contributed by atoms with E-state index in [0.717, 1.165) is 22.3 Å². The molecule has 1 aliphatic rings. The molecule has 0 saturated carbocycles. The maximum Gasteiger partial charge on any atom is 0.329 e. The summed E-state index contributed by atoms with van der Waals surface area (Å²) in [5, 5.41) is 20.8. The molecule has 2 aromatic rings. The van der Waals surface area contributed by atoms with Crippen LogP contribution >= 0.6 is 21.6 Å². The summed E-state index contributed by atoms with van der Waals surface area (Å²) in [4.78, 5) is 66.8. The highest BCUT2D eigenvalue weighted by Crippen LogP contribution is 2.46. The van der Waals surface area contributed by atoms with Gasteiger partial charge in [0.15, 0.2) is 0 Å². The molecule has 47 heavy (non-hydrogen) atoms. The van der Waals surface area contributed by atoms with Gasteiger partial charge in [-0.2, -0.15) is 0 Å². The summed E-state index contributed by atoms with van der Waals surface area (Å²) in [5.74, 6) is -3.00. The third-order valence-corrected chi connectivity index (χ3v) is 12.2. The van der Waals surface area contributed by atoms with Crippen molar-refractivity contribution >= 4 is 51.2 Å². The van der Waals surface area contributed by atoms with Gasteiger partial charge in [0.05, 0.1) is 24.4 Å². The molecule has 4 amide bonds. The van der Waals surface area contributed by atoms with Gasteiger partial charge in [-0.05, 0) is 82.3 Å². The molecule has 1 fully saturated rings. The number of hydrogen-bond acceptors (Lipinski definition) is 10. The van der Waals surface area contributed by atoms with Crippen molar-refractivity contribution in [3.8, 4) is 5.75 Å². The Bertz CT molecular complexity index is 1460. The highest BCUT2D eigenvalue weighted by Gasteiger charge is 2.44. The highest BCUT2D eigenvalue weighted by atomic mass is 33.1. The van der Waals surface area contributed by atoms with E-state index in [1.54, 1.807) is 39.8 Å². The van der Waals surface area contributed by atoms with E-state index in [1.807, 2.05) is 44.2 Å². The Kier molecular flexibility index (Phi) is 12.8. The zero-order valence-electron chi connectivity index (χ0n) is 27.8. The summed E-state index contributed by atoms with van der Waals surface area (Å²) in [6, 6.07) is 7.88. The molecular weight excluding hydrogens is 643 g/mol. The fraction of sp³-hybridized carbons (Fsp3) is 0.485. The number of nitrogens with one attached hydrogen (secondary N) is 4.